The van der Waals surface area contributed by atoms with Gasteiger partial charge in [-0.15, -0.1) is 0 Å². The zero-order chi connectivity index (χ0) is 29.7. The zero-order valence-electron chi connectivity index (χ0n) is 21.0. The van der Waals surface area contributed by atoms with E-state index < -0.39 is 95.9 Å². The minimum atomic E-state index is -2.02. The molecule has 0 bridgehead atoms. The highest BCUT2D eigenvalue weighted by atomic mass is 16.8. The Morgan fingerprint density at radius 2 is 1.37 bits per heavy atom. The van der Waals surface area contributed by atoms with Gasteiger partial charge in [0, 0.05) is 17.7 Å². The number of aliphatic hydroxyl groups is 7. The lowest BCUT2D eigenvalue weighted by molar-refractivity contribution is -0.376. The minimum absolute atomic E-state index is 0.0241. The summed E-state index contributed by atoms with van der Waals surface area (Å²) in [6.45, 7) is -0.779. The van der Waals surface area contributed by atoms with E-state index in [1.165, 1.54) is 24.3 Å². The van der Waals surface area contributed by atoms with E-state index in [0.717, 1.165) is 12.1 Å². The van der Waals surface area contributed by atoms with Crippen LogP contribution in [-0.4, -0.2) is 113 Å². The lowest BCUT2D eigenvalue weighted by Gasteiger charge is -2.45. The predicted molar refractivity (Wildman–Crippen MR) is 133 cm³/mol. The summed E-state index contributed by atoms with van der Waals surface area (Å²) in [6.07, 6.45) is -18.4. The third-order valence-corrected chi connectivity index (χ3v) is 7.13. The lowest BCUT2D eigenvalue weighted by atomic mass is 9.91. The van der Waals surface area contributed by atoms with Gasteiger partial charge < -0.3 is 69.7 Å². The summed E-state index contributed by atoms with van der Waals surface area (Å²) in [7, 11) is 0. The molecule has 2 aliphatic rings. The average Bonchev–Trinajstić information content (AvgIpc) is 2.94. The van der Waals surface area contributed by atoms with Crippen molar-refractivity contribution in [1.29, 1.82) is 0 Å². The Labute approximate surface area is 229 Å². The van der Waals surface area contributed by atoms with Crippen molar-refractivity contribution in [3.8, 4) is 28.6 Å². The monoisotopic (exact) mass is 580 g/mol. The molecule has 10 N–H and O–H groups in total. The summed E-state index contributed by atoms with van der Waals surface area (Å²) >= 11 is 0. The van der Waals surface area contributed by atoms with Gasteiger partial charge in [-0.3, -0.25) is 4.79 Å². The van der Waals surface area contributed by atoms with Crippen LogP contribution in [0.1, 0.15) is 11.7 Å². The van der Waals surface area contributed by atoms with Crippen molar-refractivity contribution in [2.24, 2.45) is 0 Å². The van der Waals surface area contributed by atoms with Gasteiger partial charge in [-0.2, -0.15) is 0 Å². The maximum absolute atomic E-state index is 13.0. The van der Waals surface area contributed by atoms with Crippen LogP contribution in [-0.2, 0) is 14.2 Å². The summed E-state index contributed by atoms with van der Waals surface area (Å²) in [6, 6.07) is 7.70. The van der Waals surface area contributed by atoms with Crippen molar-refractivity contribution in [2.75, 3.05) is 6.61 Å². The third kappa shape index (κ3) is 5.13. The first-order valence-electron chi connectivity index (χ1n) is 12.4. The average molecular weight is 580 g/mol. The molecule has 222 valence electrons. The third-order valence-electron chi connectivity index (χ3n) is 7.13. The van der Waals surface area contributed by atoms with E-state index in [-0.39, 0.29) is 17.1 Å². The first kappa shape index (κ1) is 29.2. The van der Waals surface area contributed by atoms with Gasteiger partial charge in [-0.1, -0.05) is 0 Å². The molecule has 1 aromatic heterocycles. The molecule has 0 spiro atoms. The molecule has 15 heteroatoms. The molecule has 10 atom stereocenters. The summed E-state index contributed by atoms with van der Waals surface area (Å²) in [5.74, 6) is -1.58. The smallest absolute Gasteiger partial charge is 0.197 e. The largest absolute Gasteiger partial charge is 0.508 e. The maximum Gasteiger partial charge on any atom is 0.197 e. The maximum atomic E-state index is 13.0. The minimum Gasteiger partial charge on any atom is -0.508 e. The van der Waals surface area contributed by atoms with E-state index in [2.05, 4.69) is 0 Å². The van der Waals surface area contributed by atoms with E-state index in [1.807, 2.05) is 0 Å². The van der Waals surface area contributed by atoms with Crippen LogP contribution in [0, 0.1) is 0 Å². The van der Waals surface area contributed by atoms with Crippen molar-refractivity contribution >= 4 is 11.0 Å². The number of phenolic OH excluding ortho intramolecular Hbond substituents is 3. The van der Waals surface area contributed by atoms with Gasteiger partial charge in [0.25, 0.3) is 0 Å². The predicted octanol–water partition coefficient (Wildman–Crippen LogP) is -2.13. The molecule has 3 aromatic rings. The van der Waals surface area contributed by atoms with Crippen LogP contribution in [0.5, 0.6) is 17.2 Å². The summed E-state index contributed by atoms with van der Waals surface area (Å²) in [4.78, 5) is 13.0. The molecule has 2 aromatic carbocycles. The van der Waals surface area contributed by atoms with E-state index in [0.29, 0.717) is 5.56 Å². The number of phenols is 3. The van der Waals surface area contributed by atoms with Crippen LogP contribution >= 0.6 is 0 Å². The summed E-state index contributed by atoms with van der Waals surface area (Å²) in [5, 5.41) is 102. The highest BCUT2D eigenvalue weighted by Gasteiger charge is 2.51. The Kier molecular flexibility index (Phi) is 7.92. The molecule has 0 radical (unpaired) electrons. The Balaban J connectivity index is 1.49. The molecule has 0 saturated carbocycles. The fraction of sp³-hybridized carbons (Fsp3) is 0.423. The van der Waals surface area contributed by atoms with Crippen LogP contribution in [0.15, 0.2) is 45.6 Å². The van der Waals surface area contributed by atoms with Crippen LogP contribution in [0.25, 0.3) is 22.3 Å². The highest BCUT2D eigenvalue weighted by Crippen LogP contribution is 2.45. The van der Waals surface area contributed by atoms with Crippen molar-refractivity contribution in [2.45, 2.75) is 61.4 Å². The second kappa shape index (κ2) is 11.1. The Morgan fingerprint density at radius 3 is 2.00 bits per heavy atom. The molecule has 5 rings (SSSR count). The first-order valence-corrected chi connectivity index (χ1v) is 12.4. The molecule has 41 heavy (non-hydrogen) atoms. The zero-order valence-corrected chi connectivity index (χ0v) is 21.0. The first-order chi connectivity index (χ1) is 19.4. The van der Waals surface area contributed by atoms with Gasteiger partial charge in [0.1, 0.15) is 82.8 Å². The van der Waals surface area contributed by atoms with Gasteiger partial charge in [-0.05, 0) is 24.3 Å². The number of benzene rings is 2. The second-order valence-corrected chi connectivity index (χ2v) is 9.78. The van der Waals surface area contributed by atoms with Crippen LogP contribution in [0.2, 0.25) is 0 Å². The Hall–Kier alpha value is -3.35. The van der Waals surface area contributed by atoms with Crippen molar-refractivity contribution in [1.82, 2.24) is 0 Å². The van der Waals surface area contributed by atoms with Crippen molar-refractivity contribution in [3.63, 3.8) is 0 Å². The van der Waals surface area contributed by atoms with Crippen molar-refractivity contribution in [3.05, 3.63) is 52.2 Å². The number of fused-ring (bicyclic) bond motifs is 1. The molecule has 2 aliphatic heterocycles. The summed E-state index contributed by atoms with van der Waals surface area (Å²) in [5.41, 5.74) is -1.17. The SMILES string of the molecule is O=c1cc(-c2ccc(O)cc2)oc2cc(O)c(C3OC(OC4OC(CO)C(O)C(O)C4O)C(O)C(O)C3O)c(O)c12. The van der Waals surface area contributed by atoms with E-state index in [4.69, 9.17) is 18.6 Å². The molecule has 0 aliphatic carbocycles. The Morgan fingerprint density at radius 1 is 0.756 bits per heavy atom. The van der Waals surface area contributed by atoms with Gasteiger partial charge in [0.05, 0.1) is 12.2 Å². The molecule has 0 amide bonds. The van der Waals surface area contributed by atoms with Gasteiger partial charge in [0.15, 0.2) is 18.0 Å². The normalized spacial score (nSPS) is 34.1. The molecular weight excluding hydrogens is 552 g/mol. The fourth-order valence-electron chi connectivity index (χ4n) is 4.86. The number of rotatable bonds is 5. The molecule has 2 saturated heterocycles. The topological polar surface area (TPSA) is 260 Å². The second-order valence-electron chi connectivity index (χ2n) is 9.78. The number of hydrogen-bond donors (Lipinski definition) is 10. The molecule has 2 fully saturated rings. The standard InChI is InChI=1S/C26H28O15/c27-7-14-17(31)19(33)22(36)25(39-14)41-26-23(37)20(34)21(35)24(40-26)16-11(30)6-13-15(18(16)32)10(29)5-12(38-13)8-1-3-9(28)4-2-8/h1-6,14,17,19-28,30-37H,7H2. The lowest BCUT2D eigenvalue weighted by Crippen LogP contribution is -2.62. The number of hydrogen-bond acceptors (Lipinski definition) is 15. The van der Waals surface area contributed by atoms with E-state index >= 15 is 0 Å². The molecule has 3 heterocycles. The molecule has 15 nitrogen and oxygen atoms in total. The highest BCUT2D eigenvalue weighted by molar-refractivity contribution is 5.88. The van der Waals surface area contributed by atoms with E-state index in [1.54, 1.807) is 0 Å². The van der Waals surface area contributed by atoms with Crippen LogP contribution in [0.3, 0.4) is 0 Å². The fourth-order valence-corrected chi connectivity index (χ4v) is 4.86. The van der Waals surface area contributed by atoms with Gasteiger partial charge >= 0.3 is 0 Å². The number of aromatic hydroxyl groups is 3. The van der Waals surface area contributed by atoms with Crippen LogP contribution in [0.4, 0.5) is 0 Å². The quantitative estimate of drug-likeness (QED) is 0.155. The van der Waals surface area contributed by atoms with E-state index in [9.17, 15) is 55.9 Å². The summed E-state index contributed by atoms with van der Waals surface area (Å²) < 4.78 is 21.8. The number of ether oxygens (including phenoxy) is 3. The number of aliphatic hydroxyl groups excluding tert-OH is 7. The van der Waals surface area contributed by atoms with Gasteiger partial charge in [-0.25, -0.2) is 0 Å². The van der Waals surface area contributed by atoms with Crippen molar-refractivity contribution < 1.29 is 69.7 Å². The molecular formula is C26H28O15. The Bertz CT molecular complexity index is 1450. The van der Waals surface area contributed by atoms with Crippen LogP contribution < -0.4 is 5.43 Å². The van der Waals surface area contributed by atoms with Gasteiger partial charge in [0.2, 0.25) is 0 Å². The molecule has 10 unspecified atom stereocenters.